The van der Waals surface area contributed by atoms with Crippen LogP contribution < -0.4 is 14.9 Å². The Morgan fingerprint density at radius 1 is 1.02 bits per heavy atom. The van der Waals surface area contributed by atoms with Gasteiger partial charge in [-0.3, -0.25) is 4.79 Å². The summed E-state index contributed by atoms with van der Waals surface area (Å²) in [6.45, 7) is 9.65. The van der Waals surface area contributed by atoms with Crippen LogP contribution in [0.2, 0.25) is 0 Å². The average Bonchev–Trinajstić information content (AvgIpc) is 3.40. The SMILES string of the molecule is C#CC.CC.CC.COC(=O)CCc1ccc(OC2CCc3cc(Br)ccc32)cc1.OB(O)c1cccc(OC(F)(F)F)c1. The van der Waals surface area contributed by atoms with Crippen molar-refractivity contribution in [1.29, 1.82) is 0 Å². The average molecular weight is 681 g/mol. The molecule has 0 fully saturated rings. The maximum Gasteiger partial charge on any atom is 0.573 e. The lowest BCUT2D eigenvalue weighted by Crippen LogP contribution is -2.30. The van der Waals surface area contributed by atoms with Crippen molar-refractivity contribution >= 4 is 34.5 Å². The number of methoxy groups -OCH3 is 1. The van der Waals surface area contributed by atoms with Gasteiger partial charge in [0.25, 0.3) is 0 Å². The number of carbonyl (C=O) groups excluding carboxylic acids is 1. The summed E-state index contributed by atoms with van der Waals surface area (Å²) in [6.07, 6.45) is 3.10. The molecule has 0 saturated heterocycles. The highest BCUT2D eigenvalue weighted by molar-refractivity contribution is 9.10. The number of fused-ring (bicyclic) bond motifs is 1. The Labute approximate surface area is 267 Å². The first-order valence-corrected chi connectivity index (χ1v) is 14.9. The zero-order valence-electron chi connectivity index (χ0n) is 26.0. The van der Waals surface area contributed by atoms with Crippen LogP contribution in [0.1, 0.15) is 70.3 Å². The lowest BCUT2D eigenvalue weighted by atomic mass is 9.80. The van der Waals surface area contributed by atoms with Gasteiger partial charge in [-0.25, -0.2) is 0 Å². The fourth-order valence-corrected chi connectivity index (χ4v) is 4.20. The topological polar surface area (TPSA) is 85.2 Å². The smallest absolute Gasteiger partial charge is 0.486 e. The predicted molar refractivity (Wildman–Crippen MR) is 173 cm³/mol. The second-order valence-corrected chi connectivity index (χ2v) is 9.41. The molecule has 1 unspecified atom stereocenters. The summed E-state index contributed by atoms with van der Waals surface area (Å²) >= 11 is 3.52. The zero-order chi connectivity index (χ0) is 33.7. The van der Waals surface area contributed by atoms with Gasteiger partial charge in [0.05, 0.1) is 7.11 Å². The zero-order valence-corrected chi connectivity index (χ0v) is 27.5. The van der Waals surface area contributed by atoms with Gasteiger partial charge in [-0.2, -0.15) is 0 Å². The molecule has 0 amide bonds. The largest absolute Gasteiger partial charge is 0.573 e. The Kier molecular flexibility index (Phi) is 20.4. The number of hydrogen-bond donors (Lipinski definition) is 2. The Hall–Kier alpha value is -3.46. The van der Waals surface area contributed by atoms with Gasteiger partial charge in [-0.15, -0.1) is 25.5 Å². The van der Waals surface area contributed by atoms with E-state index < -0.39 is 19.2 Å². The van der Waals surface area contributed by atoms with Crippen LogP contribution in [0.25, 0.3) is 0 Å². The highest BCUT2D eigenvalue weighted by atomic mass is 79.9. The van der Waals surface area contributed by atoms with E-state index in [0.29, 0.717) is 12.8 Å². The van der Waals surface area contributed by atoms with Crippen molar-refractivity contribution in [2.24, 2.45) is 0 Å². The molecule has 1 aliphatic carbocycles. The lowest BCUT2D eigenvalue weighted by Gasteiger charge is -2.15. The van der Waals surface area contributed by atoms with Gasteiger partial charge in [0, 0.05) is 10.9 Å². The molecule has 3 aromatic rings. The second-order valence-electron chi connectivity index (χ2n) is 8.49. The van der Waals surface area contributed by atoms with E-state index in [9.17, 15) is 18.0 Å². The molecular formula is C33H41BBrF3O6. The molecule has 11 heteroatoms. The van der Waals surface area contributed by atoms with Crippen LogP contribution in [0.4, 0.5) is 13.2 Å². The summed E-state index contributed by atoms with van der Waals surface area (Å²) in [5.74, 6) is 2.45. The van der Waals surface area contributed by atoms with E-state index in [4.69, 9.17) is 14.8 Å². The van der Waals surface area contributed by atoms with Crippen molar-refractivity contribution in [2.75, 3.05) is 7.11 Å². The summed E-state index contributed by atoms with van der Waals surface area (Å²) < 4.78 is 50.7. The van der Waals surface area contributed by atoms with Gasteiger partial charge in [0.15, 0.2) is 0 Å². The molecular weight excluding hydrogens is 640 g/mol. The van der Waals surface area contributed by atoms with Crippen molar-refractivity contribution in [3.05, 3.63) is 87.9 Å². The van der Waals surface area contributed by atoms with E-state index in [2.05, 4.69) is 55.9 Å². The first-order valence-electron chi connectivity index (χ1n) is 14.2. The number of benzene rings is 3. The highest BCUT2D eigenvalue weighted by Crippen LogP contribution is 2.36. The Bertz CT molecular complexity index is 1280. The number of carbonyl (C=O) groups is 1. The van der Waals surface area contributed by atoms with Crippen LogP contribution in [0.5, 0.6) is 11.5 Å². The Morgan fingerprint density at radius 2 is 1.64 bits per heavy atom. The Morgan fingerprint density at radius 3 is 2.18 bits per heavy atom. The number of alkyl halides is 3. The van der Waals surface area contributed by atoms with Crippen LogP contribution >= 0.6 is 15.9 Å². The minimum atomic E-state index is -4.78. The number of halogens is 4. The molecule has 1 atom stereocenters. The van der Waals surface area contributed by atoms with Crippen molar-refractivity contribution in [2.45, 2.75) is 72.8 Å². The Balaban J connectivity index is 0.000000754. The van der Waals surface area contributed by atoms with E-state index in [1.807, 2.05) is 52.0 Å². The molecule has 240 valence electrons. The molecule has 0 spiro atoms. The van der Waals surface area contributed by atoms with E-state index in [0.717, 1.165) is 40.8 Å². The van der Waals surface area contributed by atoms with Gasteiger partial charge in [0.1, 0.15) is 17.6 Å². The highest BCUT2D eigenvalue weighted by Gasteiger charge is 2.31. The quantitative estimate of drug-likeness (QED) is 0.152. The summed E-state index contributed by atoms with van der Waals surface area (Å²) in [7, 11) is -0.399. The molecule has 0 heterocycles. The summed E-state index contributed by atoms with van der Waals surface area (Å²) in [5.41, 5.74) is 3.69. The fourth-order valence-electron chi connectivity index (χ4n) is 3.79. The molecule has 0 saturated carbocycles. The molecule has 3 aromatic carbocycles. The van der Waals surface area contributed by atoms with Gasteiger partial charge >= 0.3 is 19.5 Å². The molecule has 2 N–H and O–H groups in total. The molecule has 6 nitrogen and oxygen atoms in total. The number of esters is 1. The number of terminal acetylenes is 1. The molecule has 0 bridgehead atoms. The standard InChI is InChI=1S/C19H19BrO3.C7H6BF3O3.C3H4.2C2H6/c1-22-19(21)11-4-13-2-7-16(8-3-13)23-18-10-5-14-12-15(20)6-9-17(14)18;9-7(10,11)14-6-3-1-2-5(4-6)8(12)13;1-3-2;2*1-2/h2-3,6-9,12,18H,4-5,10-11H2,1H3;1-4,12-13H;1H,2H3;2*1-2H3. The molecule has 4 rings (SSSR count). The maximum atomic E-state index is 11.7. The lowest BCUT2D eigenvalue weighted by molar-refractivity contribution is -0.274. The molecule has 44 heavy (non-hydrogen) atoms. The number of aryl methyl sites for hydroxylation is 2. The van der Waals surface area contributed by atoms with Gasteiger partial charge in [-0.05, 0) is 84.7 Å². The van der Waals surface area contributed by atoms with Gasteiger partial charge in [-0.1, -0.05) is 74.0 Å². The normalized spacial score (nSPS) is 12.4. The molecule has 0 aromatic heterocycles. The van der Waals surface area contributed by atoms with Gasteiger partial charge in [0.2, 0.25) is 0 Å². The van der Waals surface area contributed by atoms with Crippen LogP contribution in [-0.4, -0.2) is 36.6 Å². The van der Waals surface area contributed by atoms with Crippen molar-refractivity contribution in [3.63, 3.8) is 0 Å². The fraction of sp³-hybridized carbons (Fsp3) is 0.364. The minimum Gasteiger partial charge on any atom is -0.486 e. The van der Waals surface area contributed by atoms with E-state index in [-0.39, 0.29) is 17.5 Å². The van der Waals surface area contributed by atoms with E-state index >= 15 is 0 Å². The minimum absolute atomic E-state index is 0.0632. The third-order valence-electron chi connectivity index (χ3n) is 5.56. The maximum absolute atomic E-state index is 11.7. The van der Waals surface area contributed by atoms with Crippen molar-refractivity contribution < 1.29 is 42.2 Å². The van der Waals surface area contributed by atoms with Crippen LogP contribution in [0, 0.1) is 12.3 Å². The molecule has 0 aliphatic heterocycles. The summed E-state index contributed by atoms with van der Waals surface area (Å²) in [4.78, 5) is 11.2. The first-order chi connectivity index (χ1) is 20.9. The third-order valence-corrected chi connectivity index (χ3v) is 6.06. The summed E-state index contributed by atoms with van der Waals surface area (Å²) in [6, 6.07) is 18.8. The third kappa shape index (κ3) is 15.9. The second kappa shape index (κ2) is 22.1. The van der Waals surface area contributed by atoms with Crippen molar-refractivity contribution in [3.8, 4) is 23.8 Å². The molecule has 0 radical (unpaired) electrons. The van der Waals surface area contributed by atoms with E-state index in [1.165, 1.54) is 30.4 Å². The van der Waals surface area contributed by atoms with E-state index in [1.54, 1.807) is 6.92 Å². The van der Waals surface area contributed by atoms with Crippen molar-refractivity contribution in [1.82, 2.24) is 0 Å². The van der Waals surface area contributed by atoms with Gasteiger partial charge < -0.3 is 24.3 Å². The van der Waals surface area contributed by atoms with Crippen LogP contribution in [-0.2, 0) is 22.4 Å². The number of rotatable bonds is 7. The summed E-state index contributed by atoms with van der Waals surface area (Å²) in [5, 5.41) is 17.3. The predicted octanol–water partition coefficient (Wildman–Crippen LogP) is 7.58. The molecule has 1 aliphatic rings. The number of ether oxygens (including phenoxy) is 3. The number of hydrogen-bond acceptors (Lipinski definition) is 6. The van der Waals surface area contributed by atoms with Crippen LogP contribution in [0.3, 0.4) is 0 Å². The first kappa shape index (κ1) is 40.5. The van der Waals surface area contributed by atoms with Crippen LogP contribution in [0.15, 0.2) is 71.2 Å². The monoisotopic (exact) mass is 680 g/mol.